The molecule has 0 bridgehead atoms. The second-order valence-corrected chi connectivity index (χ2v) is 5.24. The van der Waals surface area contributed by atoms with Crippen LogP contribution in [0.4, 0.5) is 0 Å². The molecular formula is C18H17N3O2. The summed E-state index contributed by atoms with van der Waals surface area (Å²) < 4.78 is 5.27. The molecule has 0 N–H and O–H groups in total. The number of hydrogen-bond donors (Lipinski definition) is 0. The highest BCUT2D eigenvalue weighted by Gasteiger charge is 2.17. The number of hydrogen-bond acceptors (Lipinski definition) is 4. The number of carbonyl (C=O) groups excluding carboxylic acids is 1. The smallest absolute Gasteiger partial charge is 0.275 e. The number of carbonyl (C=O) groups is 1. The van der Waals surface area contributed by atoms with Gasteiger partial charge in [-0.2, -0.15) is 0 Å². The average molecular weight is 307 g/mol. The molecule has 0 unspecified atom stereocenters. The minimum Gasteiger partial charge on any atom is -0.355 e. The predicted octanol–water partition coefficient (Wildman–Crippen LogP) is 3.05. The molecule has 1 aromatic carbocycles. The summed E-state index contributed by atoms with van der Waals surface area (Å²) in [6.07, 6.45) is 2.45. The summed E-state index contributed by atoms with van der Waals surface area (Å²) in [6, 6.07) is 17.0. The molecule has 0 spiro atoms. The lowest BCUT2D eigenvalue weighted by molar-refractivity contribution is 0.0786. The molecule has 116 valence electrons. The number of nitrogens with zero attached hydrogens (tertiary/aromatic N) is 3. The van der Waals surface area contributed by atoms with E-state index in [0.29, 0.717) is 24.4 Å². The van der Waals surface area contributed by atoms with E-state index in [1.807, 2.05) is 48.5 Å². The maximum Gasteiger partial charge on any atom is 0.275 e. The summed E-state index contributed by atoms with van der Waals surface area (Å²) in [5, 5.41) is 3.89. The normalized spacial score (nSPS) is 10.5. The fraction of sp³-hybridized carbons (Fsp3) is 0.167. The van der Waals surface area contributed by atoms with Crippen LogP contribution in [0.2, 0.25) is 0 Å². The van der Waals surface area contributed by atoms with E-state index in [1.54, 1.807) is 24.2 Å². The van der Waals surface area contributed by atoms with Crippen LogP contribution >= 0.6 is 0 Å². The van der Waals surface area contributed by atoms with E-state index in [9.17, 15) is 4.79 Å². The van der Waals surface area contributed by atoms with Crippen molar-refractivity contribution in [3.63, 3.8) is 0 Å². The van der Waals surface area contributed by atoms with Crippen molar-refractivity contribution < 1.29 is 9.32 Å². The standard InChI is InChI=1S/C18H17N3O2/c1-21(12-10-15-9-5-6-11-19-15)18(22)16-13-17(23-20-16)14-7-3-2-4-8-14/h2-9,11,13H,10,12H2,1H3. The highest BCUT2D eigenvalue weighted by molar-refractivity contribution is 5.92. The Morgan fingerprint density at radius 3 is 2.65 bits per heavy atom. The first-order chi connectivity index (χ1) is 11.2. The third-order valence-electron chi connectivity index (χ3n) is 3.56. The van der Waals surface area contributed by atoms with Crippen LogP contribution in [0.5, 0.6) is 0 Å². The SMILES string of the molecule is CN(CCc1ccccn1)C(=O)c1cc(-c2ccccc2)on1. The number of rotatable bonds is 5. The molecule has 3 rings (SSSR count). The molecule has 0 aliphatic heterocycles. The highest BCUT2D eigenvalue weighted by Crippen LogP contribution is 2.20. The van der Waals surface area contributed by atoms with Gasteiger partial charge in [0, 0.05) is 43.5 Å². The van der Waals surface area contributed by atoms with Gasteiger partial charge in [-0.1, -0.05) is 41.6 Å². The third kappa shape index (κ3) is 3.63. The van der Waals surface area contributed by atoms with Crippen LogP contribution in [0, 0.1) is 0 Å². The first-order valence-electron chi connectivity index (χ1n) is 7.41. The number of likely N-dealkylation sites (N-methyl/N-ethyl adjacent to an activating group) is 1. The largest absolute Gasteiger partial charge is 0.355 e. The van der Waals surface area contributed by atoms with E-state index in [0.717, 1.165) is 11.3 Å². The predicted molar refractivity (Wildman–Crippen MR) is 86.8 cm³/mol. The Balaban J connectivity index is 1.65. The molecule has 5 nitrogen and oxygen atoms in total. The van der Waals surface area contributed by atoms with Gasteiger partial charge in [0.25, 0.3) is 5.91 Å². The first kappa shape index (κ1) is 15.0. The van der Waals surface area contributed by atoms with Crippen molar-refractivity contribution in [3.05, 3.63) is 72.2 Å². The molecule has 1 amide bonds. The van der Waals surface area contributed by atoms with Crippen molar-refractivity contribution >= 4 is 5.91 Å². The maximum atomic E-state index is 12.4. The first-order valence-corrected chi connectivity index (χ1v) is 7.41. The molecule has 5 heteroatoms. The van der Waals surface area contributed by atoms with Gasteiger partial charge < -0.3 is 9.42 Å². The van der Waals surface area contributed by atoms with Gasteiger partial charge >= 0.3 is 0 Å². The van der Waals surface area contributed by atoms with E-state index in [-0.39, 0.29) is 5.91 Å². The molecule has 0 atom stereocenters. The quantitative estimate of drug-likeness (QED) is 0.727. The van der Waals surface area contributed by atoms with Gasteiger partial charge in [0.2, 0.25) is 0 Å². The minimum absolute atomic E-state index is 0.160. The van der Waals surface area contributed by atoms with Crippen molar-refractivity contribution in [1.82, 2.24) is 15.0 Å². The van der Waals surface area contributed by atoms with Gasteiger partial charge in [-0.15, -0.1) is 0 Å². The van der Waals surface area contributed by atoms with Crippen LogP contribution in [0.3, 0.4) is 0 Å². The lowest BCUT2D eigenvalue weighted by atomic mass is 10.1. The Labute approximate surface area is 134 Å². The Morgan fingerprint density at radius 2 is 1.91 bits per heavy atom. The van der Waals surface area contributed by atoms with E-state index < -0.39 is 0 Å². The topological polar surface area (TPSA) is 59.2 Å². The van der Waals surface area contributed by atoms with Gasteiger partial charge in [-0.25, -0.2) is 0 Å². The van der Waals surface area contributed by atoms with Crippen LogP contribution in [0.25, 0.3) is 11.3 Å². The summed E-state index contributed by atoms with van der Waals surface area (Å²) >= 11 is 0. The maximum absolute atomic E-state index is 12.4. The zero-order valence-electron chi connectivity index (χ0n) is 12.8. The summed E-state index contributed by atoms with van der Waals surface area (Å²) in [5.41, 5.74) is 2.17. The Kier molecular flexibility index (Phi) is 4.47. The molecule has 0 fully saturated rings. The van der Waals surface area contributed by atoms with Gasteiger partial charge in [0.1, 0.15) is 0 Å². The second kappa shape index (κ2) is 6.87. The van der Waals surface area contributed by atoms with Gasteiger partial charge in [0.05, 0.1) is 0 Å². The minimum atomic E-state index is -0.160. The summed E-state index contributed by atoms with van der Waals surface area (Å²) in [5.74, 6) is 0.430. The number of aromatic nitrogens is 2. The van der Waals surface area contributed by atoms with Crippen molar-refractivity contribution in [1.29, 1.82) is 0 Å². The van der Waals surface area contributed by atoms with Crippen LogP contribution in [0.15, 0.2) is 65.3 Å². The average Bonchev–Trinajstić information content (AvgIpc) is 3.11. The van der Waals surface area contributed by atoms with E-state index in [4.69, 9.17) is 4.52 Å². The summed E-state index contributed by atoms with van der Waals surface area (Å²) in [6.45, 7) is 0.573. The molecule has 23 heavy (non-hydrogen) atoms. The van der Waals surface area contributed by atoms with Crippen LogP contribution < -0.4 is 0 Å². The summed E-state index contributed by atoms with van der Waals surface area (Å²) in [7, 11) is 1.75. The van der Waals surface area contributed by atoms with Crippen LogP contribution in [-0.2, 0) is 6.42 Å². The molecule has 0 aliphatic rings. The fourth-order valence-corrected chi connectivity index (χ4v) is 2.24. The van der Waals surface area contributed by atoms with Crippen LogP contribution in [-0.4, -0.2) is 34.5 Å². The monoisotopic (exact) mass is 307 g/mol. The Morgan fingerprint density at radius 1 is 1.13 bits per heavy atom. The molecule has 0 saturated heterocycles. The lowest BCUT2D eigenvalue weighted by Crippen LogP contribution is -2.29. The van der Waals surface area contributed by atoms with Crippen molar-refractivity contribution in [2.45, 2.75) is 6.42 Å². The highest BCUT2D eigenvalue weighted by atomic mass is 16.5. The second-order valence-electron chi connectivity index (χ2n) is 5.24. The molecular weight excluding hydrogens is 290 g/mol. The number of pyridine rings is 1. The molecule has 3 aromatic rings. The molecule has 0 saturated carbocycles. The van der Waals surface area contributed by atoms with Crippen LogP contribution in [0.1, 0.15) is 16.2 Å². The fourth-order valence-electron chi connectivity index (χ4n) is 2.24. The van der Waals surface area contributed by atoms with Crippen molar-refractivity contribution in [2.75, 3.05) is 13.6 Å². The van der Waals surface area contributed by atoms with E-state index in [2.05, 4.69) is 10.1 Å². The number of amides is 1. The lowest BCUT2D eigenvalue weighted by Gasteiger charge is -2.14. The van der Waals surface area contributed by atoms with E-state index >= 15 is 0 Å². The zero-order chi connectivity index (χ0) is 16.1. The van der Waals surface area contributed by atoms with Gasteiger partial charge in [-0.05, 0) is 12.1 Å². The van der Waals surface area contributed by atoms with Gasteiger partial charge in [0.15, 0.2) is 11.5 Å². The summed E-state index contributed by atoms with van der Waals surface area (Å²) in [4.78, 5) is 18.3. The van der Waals surface area contributed by atoms with Crippen molar-refractivity contribution in [2.24, 2.45) is 0 Å². The Bertz CT molecular complexity index is 769. The molecule has 0 aliphatic carbocycles. The van der Waals surface area contributed by atoms with Gasteiger partial charge in [-0.3, -0.25) is 9.78 Å². The number of benzene rings is 1. The zero-order valence-corrected chi connectivity index (χ0v) is 12.8. The van der Waals surface area contributed by atoms with E-state index in [1.165, 1.54) is 0 Å². The third-order valence-corrected chi connectivity index (χ3v) is 3.56. The molecule has 2 heterocycles. The molecule has 0 radical (unpaired) electrons. The van der Waals surface area contributed by atoms with Crippen molar-refractivity contribution in [3.8, 4) is 11.3 Å². The Hall–Kier alpha value is -2.95. The molecule has 2 aromatic heterocycles.